The lowest BCUT2D eigenvalue weighted by molar-refractivity contribution is -0.145. The number of nitrogens with zero attached hydrogens (tertiary/aromatic N) is 2. The lowest BCUT2D eigenvalue weighted by atomic mass is 9.85. The third-order valence-corrected chi connectivity index (χ3v) is 6.87. The number of carbonyl (C=O) groups is 3. The second kappa shape index (κ2) is 12.3. The fourth-order valence-corrected chi connectivity index (χ4v) is 4.93. The van der Waals surface area contributed by atoms with Crippen LogP contribution in [0.3, 0.4) is 0 Å². The number of hydrogen-bond acceptors (Lipinski definition) is 7. The Bertz CT molecular complexity index is 1060. The summed E-state index contributed by atoms with van der Waals surface area (Å²) in [6, 6.07) is 2.85. The maximum Gasteiger partial charge on any atom is 0.408 e. The largest absolute Gasteiger partial charge is 0.436 e. The molecule has 9 nitrogen and oxygen atoms in total. The molecule has 0 radical (unpaired) electrons. The molecular formula is C26H34FN3O6. The summed E-state index contributed by atoms with van der Waals surface area (Å²) >= 11 is 0. The van der Waals surface area contributed by atoms with E-state index in [9.17, 15) is 18.8 Å². The summed E-state index contributed by atoms with van der Waals surface area (Å²) < 4.78 is 30.0. The van der Waals surface area contributed by atoms with Crippen LogP contribution < -0.4 is 5.32 Å². The Morgan fingerprint density at radius 2 is 1.94 bits per heavy atom. The van der Waals surface area contributed by atoms with Gasteiger partial charge in [0.05, 0.1) is 13.2 Å². The second-order valence-corrected chi connectivity index (χ2v) is 9.55. The van der Waals surface area contributed by atoms with E-state index in [1.54, 1.807) is 4.90 Å². The SMILES string of the molecule is CCC[C@H](NC(=O)O[C@@H](CC1CCCCC1)C(=O)N1CCOCC1)C(=O)c1nc2cc(F)ccc2o1. The third kappa shape index (κ3) is 6.60. The van der Waals surface area contributed by atoms with E-state index in [4.69, 9.17) is 13.9 Å². The summed E-state index contributed by atoms with van der Waals surface area (Å²) in [7, 11) is 0. The first-order valence-electron chi connectivity index (χ1n) is 12.9. The summed E-state index contributed by atoms with van der Waals surface area (Å²) in [4.78, 5) is 45.0. The minimum absolute atomic E-state index is 0.211. The van der Waals surface area contributed by atoms with E-state index in [1.807, 2.05) is 6.92 Å². The van der Waals surface area contributed by atoms with Crippen LogP contribution in [-0.4, -0.2) is 66.1 Å². The maximum absolute atomic E-state index is 13.5. The third-order valence-electron chi connectivity index (χ3n) is 6.87. The quantitative estimate of drug-likeness (QED) is 0.510. The van der Waals surface area contributed by atoms with Gasteiger partial charge in [-0.2, -0.15) is 0 Å². The first kappa shape index (κ1) is 26.1. The van der Waals surface area contributed by atoms with Gasteiger partial charge < -0.3 is 24.1 Å². The van der Waals surface area contributed by atoms with Gasteiger partial charge in [0, 0.05) is 19.2 Å². The molecule has 0 spiro atoms. The van der Waals surface area contributed by atoms with Crippen LogP contribution in [0.25, 0.3) is 11.1 Å². The van der Waals surface area contributed by atoms with Crippen molar-refractivity contribution in [1.82, 2.24) is 15.2 Å². The number of benzene rings is 1. The van der Waals surface area contributed by atoms with Crippen LogP contribution in [-0.2, 0) is 14.3 Å². The number of carbonyl (C=O) groups excluding carboxylic acids is 3. The van der Waals surface area contributed by atoms with E-state index < -0.39 is 29.8 Å². The van der Waals surface area contributed by atoms with Gasteiger partial charge >= 0.3 is 6.09 Å². The number of amides is 2. The number of morpholine rings is 1. The Kier molecular flexibility index (Phi) is 8.90. The Morgan fingerprint density at radius 3 is 2.67 bits per heavy atom. The molecule has 1 aliphatic carbocycles. The summed E-state index contributed by atoms with van der Waals surface area (Å²) in [6.45, 7) is 3.70. The highest BCUT2D eigenvalue weighted by Gasteiger charge is 2.33. The van der Waals surface area contributed by atoms with Crippen LogP contribution in [0.5, 0.6) is 0 Å². The number of aromatic nitrogens is 1. The molecule has 1 N–H and O–H groups in total. The molecule has 1 saturated heterocycles. The summed E-state index contributed by atoms with van der Waals surface area (Å²) in [5.74, 6) is -1.14. The van der Waals surface area contributed by atoms with Crippen molar-refractivity contribution in [2.24, 2.45) is 5.92 Å². The molecule has 36 heavy (non-hydrogen) atoms. The summed E-state index contributed by atoms with van der Waals surface area (Å²) in [5.41, 5.74) is 0.501. The Balaban J connectivity index is 1.45. The highest BCUT2D eigenvalue weighted by atomic mass is 19.1. The van der Waals surface area contributed by atoms with Crippen molar-refractivity contribution in [2.75, 3.05) is 26.3 Å². The number of ether oxygens (including phenoxy) is 2. The van der Waals surface area contributed by atoms with E-state index in [0.29, 0.717) is 51.5 Å². The van der Waals surface area contributed by atoms with Crippen molar-refractivity contribution in [3.63, 3.8) is 0 Å². The summed E-state index contributed by atoms with van der Waals surface area (Å²) in [5, 5.41) is 2.62. The van der Waals surface area contributed by atoms with Gasteiger partial charge in [-0.15, -0.1) is 0 Å². The number of oxazole rings is 1. The van der Waals surface area contributed by atoms with Gasteiger partial charge in [0.1, 0.15) is 17.4 Å². The van der Waals surface area contributed by atoms with Crippen LogP contribution in [0.4, 0.5) is 9.18 Å². The number of rotatable bonds is 9. The van der Waals surface area contributed by atoms with Gasteiger partial charge in [-0.3, -0.25) is 9.59 Å². The van der Waals surface area contributed by atoms with Gasteiger partial charge in [0.2, 0.25) is 5.78 Å². The van der Waals surface area contributed by atoms with E-state index in [2.05, 4.69) is 10.3 Å². The van der Waals surface area contributed by atoms with Gasteiger partial charge in [-0.25, -0.2) is 14.2 Å². The van der Waals surface area contributed by atoms with E-state index >= 15 is 0 Å². The number of nitrogens with one attached hydrogen (secondary N) is 1. The number of alkyl carbamates (subject to hydrolysis) is 1. The van der Waals surface area contributed by atoms with Crippen molar-refractivity contribution < 1.29 is 32.7 Å². The Labute approximate surface area is 209 Å². The highest BCUT2D eigenvalue weighted by molar-refractivity contribution is 5.99. The number of fused-ring (bicyclic) bond motifs is 1. The van der Waals surface area contributed by atoms with E-state index in [0.717, 1.165) is 25.7 Å². The van der Waals surface area contributed by atoms with Crippen LogP contribution in [0.15, 0.2) is 22.6 Å². The van der Waals surface area contributed by atoms with Crippen molar-refractivity contribution in [2.45, 2.75) is 70.4 Å². The molecule has 2 heterocycles. The average Bonchev–Trinajstić information content (AvgIpc) is 3.31. The first-order chi connectivity index (χ1) is 17.4. The first-order valence-corrected chi connectivity index (χ1v) is 12.9. The van der Waals surface area contributed by atoms with Crippen molar-refractivity contribution in [3.05, 3.63) is 29.9 Å². The summed E-state index contributed by atoms with van der Waals surface area (Å²) in [6.07, 6.45) is 5.06. The smallest absolute Gasteiger partial charge is 0.408 e. The fourth-order valence-electron chi connectivity index (χ4n) is 4.93. The zero-order chi connectivity index (χ0) is 25.5. The molecule has 2 aromatic rings. The average molecular weight is 504 g/mol. The van der Waals surface area contributed by atoms with Crippen LogP contribution in [0.1, 0.15) is 69.0 Å². The van der Waals surface area contributed by atoms with Gasteiger partial charge in [-0.1, -0.05) is 45.4 Å². The van der Waals surface area contributed by atoms with E-state index in [-0.39, 0.29) is 22.9 Å². The minimum Gasteiger partial charge on any atom is -0.436 e. The molecule has 2 atom stereocenters. The fraction of sp³-hybridized carbons (Fsp3) is 0.615. The molecular weight excluding hydrogens is 469 g/mol. The molecule has 1 aromatic heterocycles. The Hall–Kier alpha value is -3.01. The predicted octanol–water partition coefficient (Wildman–Crippen LogP) is 4.24. The van der Waals surface area contributed by atoms with Crippen LogP contribution in [0.2, 0.25) is 0 Å². The predicted molar refractivity (Wildman–Crippen MR) is 129 cm³/mol. The van der Waals surface area contributed by atoms with Crippen molar-refractivity contribution in [1.29, 1.82) is 0 Å². The van der Waals surface area contributed by atoms with Gasteiger partial charge in [0.15, 0.2) is 11.7 Å². The molecule has 2 amide bonds. The minimum atomic E-state index is -0.950. The number of ketones is 1. The lowest BCUT2D eigenvalue weighted by Gasteiger charge is -2.32. The zero-order valence-corrected chi connectivity index (χ0v) is 20.7. The molecule has 10 heteroatoms. The molecule has 0 unspecified atom stereocenters. The lowest BCUT2D eigenvalue weighted by Crippen LogP contribution is -2.49. The number of hydrogen-bond donors (Lipinski definition) is 1. The molecule has 4 rings (SSSR count). The molecule has 1 saturated carbocycles. The molecule has 196 valence electrons. The standard InChI is InChI=1S/C26H34FN3O6/c1-2-6-19(23(31)24-28-20-16-18(27)9-10-21(20)35-24)29-26(33)36-22(15-17-7-4-3-5-8-17)25(32)30-11-13-34-14-12-30/h9-10,16-17,19,22H,2-8,11-15H2,1H3,(H,29,33)/t19-,22-/m0/s1. The second-order valence-electron chi connectivity index (χ2n) is 9.55. The monoisotopic (exact) mass is 503 g/mol. The molecule has 1 aromatic carbocycles. The van der Waals surface area contributed by atoms with E-state index in [1.165, 1.54) is 24.6 Å². The van der Waals surface area contributed by atoms with Crippen LogP contribution >= 0.6 is 0 Å². The molecule has 2 aliphatic rings. The molecule has 1 aliphatic heterocycles. The van der Waals surface area contributed by atoms with Gasteiger partial charge in [-0.05, 0) is 30.9 Å². The maximum atomic E-state index is 13.5. The highest BCUT2D eigenvalue weighted by Crippen LogP contribution is 2.29. The van der Waals surface area contributed by atoms with Crippen molar-refractivity contribution >= 4 is 28.9 Å². The topological polar surface area (TPSA) is 111 Å². The number of halogens is 1. The molecule has 2 fully saturated rings. The zero-order valence-electron chi connectivity index (χ0n) is 20.7. The van der Waals surface area contributed by atoms with Gasteiger partial charge in [0.25, 0.3) is 11.8 Å². The van der Waals surface area contributed by atoms with Crippen molar-refractivity contribution in [3.8, 4) is 0 Å². The Morgan fingerprint density at radius 1 is 1.19 bits per heavy atom. The number of Topliss-reactive ketones (excluding diaryl/α,β-unsaturated/α-hetero) is 1. The normalized spacial score (nSPS) is 18.6. The van der Waals surface area contributed by atoms with Crippen LogP contribution in [0, 0.1) is 11.7 Å². The molecule has 0 bridgehead atoms.